The average molecular weight is 633 g/mol. The van der Waals surface area contributed by atoms with Gasteiger partial charge in [0.25, 0.3) is 0 Å². The Balaban J connectivity index is 1.21. The lowest BCUT2D eigenvalue weighted by Crippen LogP contribution is -2.23. The molecule has 0 fully saturated rings. The van der Waals surface area contributed by atoms with E-state index < -0.39 is 25.3 Å². The van der Waals surface area contributed by atoms with Gasteiger partial charge in [-0.15, -0.1) is 0 Å². The third-order valence-corrected chi connectivity index (χ3v) is 8.56. The predicted octanol–water partition coefficient (Wildman–Crippen LogP) is 8.39. The molecule has 0 aromatic heterocycles. The molecule has 9 nitrogen and oxygen atoms in total. The molecule has 46 heavy (non-hydrogen) atoms. The summed E-state index contributed by atoms with van der Waals surface area (Å²) in [6.07, 6.45) is -0.731. The van der Waals surface area contributed by atoms with Crippen molar-refractivity contribution in [1.29, 1.82) is 0 Å². The number of fused-ring (bicyclic) bond motifs is 2. The minimum atomic E-state index is -4.97. The fourth-order valence-electron chi connectivity index (χ4n) is 5.22. The number of amides is 2. The molecule has 0 spiro atoms. The van der Waals surface area contributed by atoms with Crippen molar-refractivity contribution in [2.24, 2.45) is 0 Å². The summed E-state index contributed by atoms with van der Waals surface area (Å²) in [7, 11) is -4.97. The number of carbonyl (C=O) groups is 2. The third kappa shape index (κ3) is 7.08. The van der Waals surface area contributed by atoms with E-state index in [0.717, 1.165) is 16.2 Å². The van der Waals surface area contributed by atoms with Crippen molar-refractivity contribution in [1.82, 2.24) is 0 Å². The van der Waals surface area contributed by atoms with E-state index in [-0.39, 0.29) is 17.9 Å². The quantitative estimate of drug-likeness (QED) is 0.118. The van der Waals surface area contributed by atoms with Crippen LogP contribution < -0.4 is 15.4 Å². The summed E-state index contributed by atoms with van der Waals surface area (Å²) < 4.78 is 24.1. The first kappa shape index (κ1) is 30.6. The van der Waals surface area contributed by atoms with Crippen molar-refractivity contribution in [2.45, 2.75) is 12.3 Å². The molecule has 0 aliphatic carbocycles. The molecular weight excluding hydrogens is 603 g/mol. The highest BCUT2D eigenvalue weighted by Crippen LogP contribution is 2.53. The first-order chi connectivity index (χ1) is 22.2. The second-order valence-corrected chi connectivity index (χ2v) is 12.2. The monoisotopic (exact) mass is 632 g/mol. The number of nitrogens with one attached hydrogen (secondary N) is 2. The van der Waals surface area contributed by atoms with Crippen LogP contribution in [0.1, 0.15) is 16.8 Å². The third-order valence-electron chi connectivity index (χ3n) is 7.37. The highest BCUT2D eigenvalue weighted by molar-refractivity contribution is 7.53. The minimum absolute atomic E-state index is 0.210. The van der Waals surface area contributed by atoms with Crippen LogP contribution in [0.3, 0.4) is 0 Å². The van der Waals surface area contributed by atoms with Gasteiger partial charge < -0.3 is 24.6 Å². The number of ether oxygens (including phenoxy) is 2. The Kier molecular flexibility index (Phi) is 8.81. The van der Waals surface area contributed by atoms with Crippen molar-refractivity contribution in [3.63, 3.8) is 0 Å². The number of rotatable bonds is 9. The van der Waals surface area contributed by atoms with Crippen LogP contribution in [0.4, 0.5) is 16.2 Å². The number of hydrogen-bond donors (Lipinski definition) is 4. The normalized spacial score (nSPS) is 12.0. The van der Waals surface area contributed by atoms with Crippen LogP contribution in [-0.4, -0.2) is 21.8 Å². The molecule has 4 N–H and O–H groups in total. The molecule has 0 aliphatic rings. The van der Waals surface area contributed by atoms with E-state index in [9.17, 15) is 23.9 Å². The Morgan fingerprint density at radius 1 is 0.674 bits per heavy atom. The summed E-state index contributed by atoms with van der Waals surface area (Å²) in [5.41, 5.74) is -0.371. The molecule has 0 aliphatic heterocycles. The number of carbonyl (C=O) groups excluding carboxylic acids is 2. The van der Waals surface area contributed by atoms with Crippen LogP contribution in [0.2, 0.25) is 0 Å². The van der Waals surface area contributed by atoms with Gasteiger partial charge in [0.1, 0.15) is 18.1 Å². The van der Waals surface area contributed by atoms with Gasteiger partial charge in [-0.25, -0.2) is 4.79 Å². The van der Waals surface area contributed by atoms with Gasteiger partial charge in [-0.05, 0) is 75.6 Å². The molecule has 1 atom stereocenters. The Hall–Kier alpha value is -5.47. The maximum atomic E-state index is 13.7. The topological polar surface area (TPSA) is 134 Å². The van der Waals surface area contributed by atoms with Gasteiger partial charge in [0.2, 0.25) is 5.91 Å². The molecule has 6 aromatic carbocycles. The van der Waals surface area contributed by atoms with Gasteiger partial charge in [0.15, 0.2) is 5.66 Å². The Morgan fingerprint density at radius 2 is 1.28 bits per heavy atom. The molecule has 6 rings (SSSR count). The molecule has 2 amide bonds. The van der Waals surface area contributed by atoms with Crippen LogP contribution >= 0.6 is 7.60 Å². The second kappa shape index (κ2) is 13.3. The molecule has 0 saturated carbocycles. The van der Waals surface area contributed by atoms with E-state index in [4.69, 9.17) is 9.47 Å². The first-order valence-electron chi connectivity index (χ1n) is 14.4. The van der Waals surface area contributed by atoms with Crippen molar-refractivity contribution >= 4 is 52.5 Å². The minimum Gasteiger partial charge on any atom is -0.457 e. The molecule has 230 valence electrons. The van der Waals surface area contributed by atoms with E-state index in [1.54, 1.807) is 60.7 Å². The van der Waals surface area contributed by atoms with E-state index in [1.807, 2.05) is 72.8 Å². The van der Waals surface area contributed by atoms with Crippen LogP contribution in [0.25, 0.3) is 21.5 Å². The van der Waals surface area contributed by atoms with Gasteiger partial charge >= 0.3 is 13.7 Å². The van der Waals surface area contributed by atoms with Gasteiger partial charge in [-0.2, -0.15) is 0 Å². The highest BCUT2D eigenvalue weighted by Gasteiger charge is 2.38. The molecule has 0 saturated heterocycles. The average Bonchev–Trinajstić information content (AvgIpc) is 3.05. The lowest BCUT2D eigenvalue weighted by atomic mass is 10.0. The largest absolute Gasteiger partial charge is 0.457 e. The maximum absolute atomic E-state index is 13.7. The first-order valence-corrected chi connectivity index (χ1v) is 16.0. The number of hydrogen-bond acceptors (Lipinski definition) is 5. The van der Waals surface area contributed by atoms with Crippen molar-refractivity contribution in [3.05, 3.63) is 145 Å². The summed E-state index contributed by atoms with van der Waals surface area (Å²) in [5, 5.41) is 8.30. The number of para-hydroxylation sites is 1. The molecule has 1 unspecified atom stereocenters. The van der Waals surface area contributed by atoms with Gasteiger partial charge in [0, 0.05) is 16.9 Å². The van der Waals surface area contributed by atoms with E-state index >= 15 is 0 Å². The Morgan fingerprint density at radius 3 is 2.00 bits per heavy atom. The summed E-state index contributed by atoms with van der Waals surface area (Å²) in [4.78, 5) is 47.1. The fourth-order valence-corrected chi connectivity index (χ4v) is 6.17. The molecule has 0 bridgehead atoms. The molecule has 0 heterocycles. The standard InChI is InChI=1S/C36H29N2O7P/c39-35(34(46(41,42)43)32-16-8-12-24-9-6-7-15-31(24)32)38-33-22-26-11-5-4-10-25(26)21-27(33)23-44-36(40)37-28-17-19-30(20-18-28)45-29-13-2-1-3-14-29/h1-22,34H,23H2,(H,37,40)(H,38,39)(H2,41,42,43). The molecule has 10 heteroatoms. The Labute approximate surface area is 264 Å². The number of benzene rings is 6. The van der Waals surface area contributed by atoms with E-state index in [0.29, 0.717) is 28.1 Å². The van der Waals surface area contributed by atoms with Crippen molar-refractivity contribution in [2.75, 3.05) is 10.6 Å². The smallest absolute Gasteiger partial charge is 0.411 e. The van der Waals surface area contributed by atoms with Crippen LogP contribution in [0.5, 0.6) is 11.5 Å². The highest BCUT2D eigenvalue weighted by atomic mass is 31.2. The van der Waals surface area contributed by atoms with Crippen LogP contribution in [0, 0.1) is 0 Å². The number of anilines is 2. The van der Waals surface area contributed by atoms with E-state index in [2.05, 4.69) is 10.6 Å². The van der Waals surface area contributed by atoms with Gasteiger partial charge in [-0.1, -0.05) is 84.9 Å². The predicted molar refractivity (Wildman–Crippen MR) is 178 cm³/mol. The molecule has 6 aromatic rings. The maximum Gasteiger partial charge on any atom is 0.411 e. The molecular formula is C36H29N2O7P. The lowest BCUT2D eigenvalue weighted by Gasteiger charge is -2.21. The fraction of sp³-hybridized carbons (Fsp3) is 0.0556. The van der Waals surface area contributed by atoms with Gasteiger partial charge in [-0.3, -0.25) is 14.7 Å². The summed E-state index contributed by atoms with van der Waals surface area (Å²) in [6.45, 7) is -0.226. The van der Waals surface area contributed by atoms with E-state index in [1.165, 1.54) is 0 Å². The molecule has 0 radical (unpaired) electrons. The second-order valence-electron chi connectivity index (χ2n) is 10.5. The van der Waals surface area contributed by atoms with Crippen molar-refractivity contribution < 1.29 is 33.4 Å². The Bertz CT molecular complexity index is 2070. The zero-order valence-corrected chi connectivity index (χ0v) is 25.3. The summed E-state index contributed by atoms with van der Waals surface area (Å²) >= 11 is 0. The summed E-state index contributed by atoms with van der Waals surface area (Å²) in [6, 6.07) is 39.1. The zero-order chi connectivity index (χ0) is 32.1. The van der Waals surface area contributed by atoms with Crippen molar-refractivity contribution in [3.8, 4) is 11.5 Å². The SMILES string of the molecule is O=C(Nc1ccc(Oc2ccccc2)cc1)OCc1cc2ccccc2cc1NC(=O)C(c1cccc2ccccc12)P(=O)(O)O. The lowest BCUT2D eigenvalue weighted by molar-refractivity contribution is -0.116. The zero-order valence-electron chi connectivity index (χ0n) is 24.4. The van der Waals surface area contributed by atoms with Crippen LogP contribution in [0.15, 0.2) is 133 Å². The van der Waals surface area contributed by atoms with Crippen LogP contribution in [-0.2, 0) is 20.7 Å². The summed E-state index contributed by atoms with van der Waals surface area (Å²) in [5.74, 6) is 0.396. The van der Waals surface area contributed by atoms with Gasteiger partial charge in [0.05, 0.1) is 0 Å².